The van der Waals surface area contributed by atoms with Crippen molar-refractivity contribution in [3.05, 3.63) is 80.4 Å². The predicted octanol–water partition coefficient (Wildman–Crippen LogP) is 3.14. The van der Waals surface area contributed by atoms with Gasteiger partial charge in [0.05, 0.1) is 12.5 Å². The Morgan fingerprint density at radius 3 is 2.76 bits per heavy atom. The van der Waals surface area contributed by atoms with Crippen molar-refractivity contribution in [3.8, 4) is 0 Å². The predicted molar refractivity (Wildman–Crippen MR) is 118 cm³/mol. The van der Waals surface area contributed by atoms with Crippen LogP contribution in [-0.2, 0) is 27.4 Å². The molecule has 0 radical (unpaired) electrons. The van der Waals surface area contributed by atoms with E-state index in [2.05, 4.69) is 0 Å². The molecule has 172 valence electrons. The first-order valence-electron chi connectivity index (χ1n) is 10.3. The van der Waals surface area contributed by atoms with E-state index in [9.17, 15) is 23.9 Å². The first kappa shape index (κ1) is 22.9. The van der Waals surface area contributed by atoms with Gasteiger partial charge in [-0.05, 0) is 36.2 Å². The monoisotopic (exact) mass is 473 g/mol. The number of aliphatic hydroxyl groups excluding tert-OH is 1. The highest BCUT2D eigenvalue weighted by Gasteiger charge is 2.40. The summed E-state index contributed by atoms with van der Waals surface area (Å²) in [6.45, 7) is 1.47. The molecular weight excluding hydrogens is 453 g/mol. The average Bonchev–Trinajstić information content (AvgIpc) is 3.16. The van der Waals surface area contributed by atoms with Crippen LogP contribution in [0.3, 0.4) is 0 Å². The fourth-order valence-electron chi connectivity index (χ4n) is 3.93. The van der Waals surface area contributed by atoms with Crippen molar-refractivity contribution in [2.45, 2.75) is 38.5 Å². The normalized spacial score (nSPS) is 18.0. The lowest BCUT2D eigenvalue weighted by Crippen LogP contribution is -2.42. The van der Waals surface area contributed by atoms with E-state index in [0.29, 0.717) is 21.6 Å². The molecule has 2 unspecified atom stereocenters. The minimum atomic E-state index is -1.02. The number of aryl methyl sites for hydroxylation is 1. The molecule has 2 atom stereocenters. The molecule has 0 spiro atoms. The van der Waals surface area contributed by atoms with Gasteiger partial charge in [0.25, 0.3) is 0 Å². The van der Waals surface area contributed by atoms with Crippen LogP contribution in [0.2, 0.25) is 5.02 Å². The lowest BCUT2D eigenvalue weighted by atomic mass is 10.1. The Labute approximate surface area is 193 Å². The summed E-state index contributed by atoms with van der Waals surface area (Å²) >= 11 is 6.19. The number of likely N-dealkylation sites (tertiary alicyclic amines) is 1. The molecule has 1 aliphatic heterocycles. The van der Waals surface area contributed by atoms with Gasteiger partial charge in [-0.15, -0.1) is 0 Å². The molecule has 1 N–H and O–H groups in total. The Morgan fingerprint density at radius 1 is 1.24 bits per heavy atom. The fraction of sp³-hybridized carbons (Fsp3) is 0.292. The lowest BCUT2D eigenvalue weighted by molar-refractivity contribution is -0.154. The number of carbonyl (C=O) groups excluding carboxylic acids is 2. The van der Waals surface area contributed by atoms with E-state index in [0.717, 1.165) is 5.56 Å². The van der Waals surface area contributed by atoms with Gasteiger partial charge in [-0.3, -0.25) is 4.79 Å². The summed E-state index contributed by atoms with van der Waals surface area (Å²) in [6.07, 6.45) is -1.14. The van der Waals surface area contributed by atoms with Gasteiger partial charge < -0.3 is 19.2 Å². The van der Waals surface area contributed by atoms with E-state index in [1.165, 1.54) is 29.2 Å². The van der Waals surface area contributed by atoms with Crippen LogP contribution in [-0.4, -0.2) is 40.6 Å². The SMILES string of the molecule is Cc1cc2oc(=O)cc(COC(=O)C3CC(O)CN3C(=O)Cc3ccccc3F)c2cc1Cl. The molecule has 1 aliphatic rings. The van der Waals surface area contributed by atoms with Crippen LogP contribution in [0.15, 0.2) is 51.7 Å². The van der Waals surface area contributed by atoms with Crippen LogP contribution in [0.1, 0.15) is 23.1 Å². The number of rotatable bonds is 5. The van der Waals surface area contributed by atoms with Crippen LogP contribution in [0.4, 0.5) is 4.39 Å². The maximum absolute atomic E-state index is 13.9. The minimum Gasteiger partial charge on any atom is -0.459 e. The quantitative estimate of drug-likeness (QED) is 0.451. The van der Waals surface area contributed by atoms with E-state index in [1.54, 1.807) is 25.1 Å². The minimum absolute atomic E-state index is 0.00451. The van der Waals surface area contributed by atoms with Gasteiger partial charge in [-0.25, -0.2) is 14.0 Å². The number of halogens is 2. The van der Waals surface area contributed by atoms with Gasteiger partial charge in [0.15, 0.2) is 0 Å². The standard InChI is InChI=1S/C24H21ClFNO6/c1-13-6-21-17(10-18(13)25)15(8-23(30)33-21)12-32-24(31)20-9-16(28)11-27(20)22(29)7-14-4-2-3-5-19(14)26/h2-6,8,10,16,20,28H,7,9,11-12H2,1H3. The van der Waals surface area contributed by atoms with Gasteiger partial charge in [0.2, 0.25) is 5.91 Å². The number of amides is 1. The number of hydrogen-bond acceptors (Lipinski definition) is 6. The molecule has 1 saturated heterocycles. The number of benzene rings is 2. The van der Waals surface area contributed by atoms with Crippen molar-refractivity contribution in [2.75, 3.05) is 6.54 Å². The van der Waals surface area contributed by atoms with Crippen LogP contribution in [0, 0.1) is 12.7 Å². The number of ether oxygens (including phenoxy) is 1. The third kappa shape index (κ3) is 4.91. The largest absolute Gasteiger partial charge is 0.459 e. The molecule has 3 aromatic rings. The Kier molecular flexibility index (Phi) is 6.49. The summed E-state index contributed by atoms with van der Waals surface area (Å²) in [5, 5.41) is 11.1. The summed E-state index contributed by atoms with van der Waals surface area (Å²) in [5.41, 5.74) is 1.04. The van der Waals surface area contributed by atoms with Crippen molar-refractivity contribution in [1.82, 2.24) is 4.90 Å². The second-order valence-corrected chi connectivity index (χ2v) is 8.42. The molecule has 0 saturated carbocycles. The van der Waals surface area contributed by atoms with Gasteiger partial charge in [0.1, 0.15) is 24.0 Å². The van der Waals surface area contributed by atoms with Crippen molar-refractivity contribution >= 4 is 34.4 Å². The second kappa shape index (κ2) is 9.33. The van der Waals surface area contributed by atoms with E-state index < -0.39 is 35.5 Å². The lowest BCUT2D eigenvalue weighted by Gasteiger charge is -2.23. The molecule has 1 amide bonds. The maximum atomic E-state index is 13.9. The third-order valence-electron chi connectivity index (χ3n) is 5.65. The Hall–Kier alpha value is -3.23. The van der Waals surface area contributed by atoms with Crippen molar-refractivity contribution in [1.29, 1.82) is 0 Å². The highest BCUT2D eigenvalue weighted by Crippen LogP contribution is 2.26. The number of esters is 1. The molecule has 33 heavy (non-hydrogen) atoms. The van der Waals surface area contributed by atoms with Crippen molar-refractivity contribution in [2.24, 2.45) is 0 Å². The van der Waals surface area contributed by atoms with Crippen molar-refractivity contribution < 1.29 is 28.2 Å². The number of aliphatic hydroxyl groups is 1. The topological polar surface area (TPSA) is 97.0 Å². The Balaban J connectivity index is 1.51. The van der Waals surface area contributed by atoms with E-state index >= 15 is 0 Å². The zero-order valence-corrected chi connectivity index (χ0v) is 18.5. The zero-order chi connectivity index (χ0) is 23.7. The molecule has 2 heterocycles. The average molecular weight is 474 g/mol. The fourth-order valence-corrected chi connectivity index (χ4v) is 4.10. The van der Waals surface area contributed by atoms with E-state index in [1.807, 2.05) is 0 Å². The van der Waals surface area contributed by atoms with Crippen LogP contribution >= 0.6 is 11.6 Å². The van der Waals surface area contributed by atoms with Crippen LogP contribution in [0.25, 0.3) is 11.0 Å². The van der Waals surface area contributed by atoms with Gasteiger partial charge in [-0.1, -0.05) is 29.8 Å². The molecule has 0 aliphatic carbocycles. The molecule has 0 bridgehead atoms. The molecule has 7 nitrogen and oxygen atoms in total. The second-order valence-electron chi connectivity index (χ2n) is 8.02. The molecular formula is C24H21ClFNO6. The molecule has 1 fully saturated rings. The zero-order valence-electron chi connectivity index (χ0n) is 17.7. The van der Waals surface area contributed by atoms with Gasteiger partial charge in [-0.2, -0.15) is 0 Å². The van der Waals surface area contributed by atoms with Gasteiger partial charge in [0, 0.05) is 35.0 Å². The Morgan fingerprint density at radius 2 is 2.00 bits per heavy atom. The van der Waals surface area contributed by atoms with E-state index in [4.69, 9.17) is 20.8 Å². The summed E-state index contributed by atoms with van der Waals surface area (Å²) in [6, 6.07) is 9.33. The van der Waals surface area contributed by atoms with E-state index in [-0.39, 0.29) is 31.6 Å². The third-order valence-corrected chi connectivity index (χ3v) is 6.06. The summed E-state index contributed by atoms with van der Waals surface area (Å²) in [7, 11) is 0. The molecule has 9 heteroatoms. The molecule has 2 aromatic carbocycles. The van der Waals surface area contributed by atoms with Crippen LogP contribution in [0.5, 0.6) is 0 Å². The molecule has 4 rings (SSSR count). The number of fused-ring (bicyclic) bond motifs is 1. The van der Waals surface area contributed by atoms with Crippen molar-refractivity contribution in [3.63, 3.8) is 0 Å². The first-order chi connectivity index (χ1) is 15.7. The summed E-state index contributed by atoms with van der Waals surface area (Å²) in [5.74, 6) is -1.74. The first-order valence-corrected chi connectivity index (χ1v) is 10.7. The smallest absolute Gasteiger partial charge is 0.336 e. The van der Waals surface area contributed by atoms with Crippen LogP contribution < -0.4 is 5.63 Å². The Bertz CT molecular complexity index is 1290. The maximum Gasteiger partial charge on any atom is 0.336 e. The number of β-amino-alcohol motifs (C(OH)–C–C–N with tert-alkyl or cyclic N) is 1. The summed E-state index contributed by atoms with van der Waals surface area (Å²) < 4.78 is 24.5. The highest BCUT2D eigenvalue weighted by molar-refractivity contribution is 6.32. The molecule has 1 aromatic heterocycles. The number of carbonyl (C=O) groups is 2. The highest BCUT2D eigenvalue weighted by atomic mass is 35.5. The summed E-state index contributed by atoms with van der Waals surface area (Å²) in [4.78, 5) is 38.7. The number of hydrogen-bond donors (Lipinski definition) is 1. The number of nitrogens with zero attached hydrogens (tertiary/aromatic N) is 1. The van der Waals surface area contributed by atoms with Gasteiger partial charge >= 0.3 is 11.6 Å².